The zero-order valence-electron chi connectivity index (χ0n) is 8.11. The fourth-order valence-electron chi connectivity index (χ4n) is 2.04. The van der Waals surface area contributed by atoms with Crippen molar-refractivity contribution in [1.82, 2.24) is 0 Å². The lowest BCUT2D eigenvalue weighted by molar-refractivity contribution is -0.0133. The SMILES string of the molecule is Cc1cccc2c1C(N=[N+]=[N-])C(F)(F)C2. The van der Waals surface area contributed by atoms with Crippen LogP contribution in [0.2, 0.25) is 0 Å². The van der Waals surface area contributed by atoms with Crippen molar-refractivity contribution < 1.29 is 8.78 Å². The average Bonchev–Trinajstić information content (AvgIpc) is 2.39. The van der Waals surface area contributed by atoms with Crippen molar-refractivity contribution in [2.75, 3.05) is 0 Å². The van der Waals surface area contributed by atoms with E-state index in [0.29, 0.717) is 11.1 Å². The summed E-state index contributed by atoms with van der Waals surface area (Å²) in [6.45, 7) is 1.75. The maximum atomic E-state index is 13.5. The Balaban J connectivity index is 2.61. The van der Waals surface area contributed by atoms with Gasteiger partial charge in [-0.2, -0.15) is 0 Å². The van der Waals surface area contributed by atoms with Crippen LogP contribution in [0.4, 0.5) is 8.78 Å². The molecule has 0 saturated heterocycles. The molecule has 0 amide bonds. The van der Waals surface area contributed by atoms with E-state index >= 15 is 0 Å². The number of fused-ring (bicyclic) bond motifs is 1. The molecule has 0 aromatic heterocycles. The number of benzene rings is 1. The van der Waals surface area contributed by atoms with E-state index < -0.39 is 12.0 Å². The van der Waals surface area contributed by atoms with Gasteiger partial charge in [0, 0.05) is 11.3 Å². The maximum Gasteiger partial charge on any atom is 0.264 e. The zero-order valence-corrected chi connectivity index (χ0v) is 8.11. The highest BCUT2D eigenvalue weighted by Gasteiger charge is 2.47. The molecule has 78 valence electrons. The lowest BCUT2D eigenvalue weighted by atomic mass is 10.0. The van der Waals surface area contributed by atoms with E-state index in [1.165, 1.54) is 0 Å². The van der Waals surface area contributed by atoms with Crippen LogP contribution in [0.5, 0.6) is 0 Å². The maximum absolute atomic E-state index is 13.5. The fraction of sp³-hybridized carbons (Fsp3) is 0.400. The van der Waals surface area contributed by atoms with Gasteiger partial charge in [-0.25, -0.2) is 8.78 Å². The van der Waals surface area contributed by atoms with Gasteiger partial charge in [-0.3, -0.25) is 0 Å². The Morgan fingerprint density at radius 3 is 2.93 bits per heavy atom. The second-order valence-corrected chi connectivity index (χ2v) is 3.69. The molecule has 1 aromatic carbocycles. The minimum absolute atomic E-state index is 0.340. The van der Waals surface area contributed by atoms with Crippen LogP contribution in [0.15, 0.2) is 23.3 Å². The van der Waals surface area contributed by atoms with Gasteiger partial charge in [0.2, 0.25) is 0 Å². The Labute approximate surface area is 85.4 Å². The van der Waals surface area contributed by atoms with Gasteiger partial charge >= 0.3 is 0 Å². The van der Waals surface area contributed by atoms with Crippen LogP contribution in [-0.2, 0) is 6.42 Å². The number of nitrogens with zero attached hydrogens (tertiary/aromatic N) is 3. The van der Waals surface area contributed by atoms with Crippen molar-refractivity contribution in [3.8, 4) is 0 Å². The van der Waals surface area contributed by atoms with Gasteiger partial charge in [0.15, 0.2) is 0 Å². The molecule has 0 N–H and O–H groups in total. The number of alkyl halides is 2. The van der Waals surface area contributed by atoms with Crippen molar-refractivity contribution >= 4 is 0 Å². The first-order chi connectivity index (χ1) is 7.06. The van der Waals surface area contributed by atoms with Gasteiger partial charge in [0.05, 0.1) is 0 Å². The third kappa shape index (κ3) is 1.45. The highest BCUT2D eigenvalue weighted by molar-refractivity contribution is 5.43. The van der Waals surface area contributed by atoms with Crippen LogP contribution in [0.1, 0.15) is 22.7 Å². The lowest BCUT2D eigenvalue weighted by Gasteiger charge is -2.15. The summed E-state index contributed by atoms with van der Waals surface area (Å²) in [7, 11) is 0. The van der Waals surface area contributed by atoms with E-state index in [-0.39, 0.29) is 6.42 Å². The second-order valence-electron chi connectivity index (χ2n) is 3.69. The molecule has 2 rings (SSSR count). The molecular weight excluding hydrogens is 200 g/mol. The highest BCUT2D eigenvalue weighted by Crippen LogP contribution is 2.46. The first-order valence-corrected chi connectivity index (χ1v) is 4.56. The van der Waals surface area contributed by atoms with Gasteiger partial charge < -0.3 is 0 Å². The summed E-state index contributed by atoms with van der Waals surface area (Å²) in [4.78, 5) is 2.50. The zero-order chi connectivity index (χ0) is 11.1. The third-order valence-corrected chi connectivity index (χ3v) is 2.68. The van der Waals surface area contributed by atoms with Gasteiger partial charge in [-0.15, -0.1) is 0 Å². The molecule has 0 radical (unpaired) electrons. The lowest BCUT2D eigenvalue weighted by Crippen LogP contribution is -2.20. The van der Waals surface area contributed by atoms with Crippen LogP contribution >= 0.6 is 0 Å². The minimum Gasteiger partial charge on any atom is -0.206 e. The van der Waals surface area contributed by atoms with E-state index in [1.54, 1.807) is 25.1 Å². The summed E-state index contributed by atoms with van der Waals surface area (Å²) in [5.41, 5.74) is 10.1. The van der Waals surface area contributed by atoms with E-state index in [4.69, 9.17) is 5.53 Å². The van der Waals surface area contributed by atoms with Gasteiger partial charge in [0.1, 0.15) is 6.04 Å². The smallest absolute Gasteiger partial charge is 0.206 e. The summed E-state index contributed by atoms with van der Waals surface area (Å²) >= 11 is 0. The number of hydrogen-bond donors (Lipinski definition) is 0. The number of aryl methyl sites for hydroxylation is 1. The quantitative estimate of drug-likeness (QED) is 0.386. The minimum atomic E-state index is -2.96. The molecule has 0 bridgehead atoms. The van der Waals surface area contributed by atoms with Crippen LogP contribution in [0, 0.1) is 6.92 Å². The van der Waals surface area contributed by atoms with Gasteiger partial charge in [0.25, 0.3) is 5.92 Å². The van der Waals surface area contributed by atoms with Crippen molar-refractivity contribution in [3.05, 3.63) is 45.3 Å². The molecule has 5 heteroatoms. The largest absolute Gasteiger partial charge is 0.264 e. The normalized spacial score (nSPS) is 21.9. The fourth-order valence-corrected chi connectivity index (χ4v) is 2.04. The first-order valence-electron chi connectivity index (χ1n) is 4.56. The Kier molecular flexibility index (Phi) is 2.12. The average molecular weight is 209 g/mol. The molecule has 0 spiro atoms. The number of azide groups is 1. The van der Waals surface area contributed by atoms with Gasteiger partial charge in [-0.1, -0.05) is 23.3 Å². The molecule has 1 atom stereocenters. The van der Waals surface area contributed by atoms with Crippen LogP contribution < -0.4 is 0 Å². The predicted molar refractivity (Wildman–Crippen MR) is 51.7 cm³/mol. The van der Waals surface area contributed by atoms with Crippen molar-refractivity contribution in [2.45, 2.75) is 25.3 Å². The molecule has 1 aliphatic carbocycles. The Hall–Kier alpha value is -1.61. The van der Waals surface area contributed by atoms with Crippen LogP contribution in [0.3, 0.4) is 0 Å². The molecule has 1 aromatic rings. The molecule has 0 saturated carbocycles. The van der Waals surface area contributed by atoms with E-state index in [2.05, 4.69) is 10.0 Å². The topological polar surface area (TPSA) is 48.8 Å². The molecule has 0 heterocycles. The number of rotatable bonds is 1. The number of halogens is 2. The summed E-state index contributed by atoms with van der Waals surface area (Å²) < 4.78 is 27.0. The van der Waals surface area contributed by atoms with Crippen molar-refractivity contribution in [1.29, 1.82) is 0 Å². The van der Waals surface area contributed by atoms with E-state index in [1.807, 2.05) is 0 Å². The Morgan fingerprint density at radius 1 is 1.53 bits per heavy atom. The van der Waals surface area contributed by atoms with E-state index in [9.17, 15) is 8.78 Å². The van der Waals surface area contributed by atoms with Crippen molar-refractivity contribution in [2.24, 2.45) is 5.11 Å². The Bertz CT molecular complexity index is 450. The highest BCUT2D eigenvalue weighted by atomic mass is 19.3. The molecule has 0 fully saturated rings. The standard InChI is InChI=1S/C10H9F2N3/c1-6-3-2-4-7-5-10(11,12)9(8(6)7)14-15-13/h2-4,9H,5H2,1H3. The molecule has 1 unspecified atom stereocenters. The molecular formula is C10H9F2N3. The van der Waals surface area contributed by atoms with Crippen molar-refractivity contribution in [3.63, 3.8) is 0 Å². The monoisotopic (exact) mass is 209 g/mol. The van der Waals surface area contributed by atoms with Crippen LogP contribution in [0.25, 0.3) is 10.4 Å². The summed E-state index contributed by atoms with van der Waals surface area (Å²) in [5.74, 6) is -2.96. The van der Waals surface area contributed by atoms with Crippen LogP contribution in [-0.4, -0.2) is 5.92 Å². The number of hydrogen-bond acceptors (Lipinski definition) is 1. The van der Waals surface area contributed by atoms with E-state index in [0.717, 1.165) is 5.56 Å². The van der Waals surface area contributed by atoms with Gasteiger partial charge in [-0.05, 0) is 29.1 Å². The molecule has 1 aliphatic rings. The first kappa shape index (κ1) is 9.93. The molecule has 0 aliphatic heterocycles. The summed E-state index contributed by atoms with van der Waals surface area (Å²) in [6, 6.07) is 3.80. The second kappa shape index (κ2) is 3.21. The Morgan fingerprint density at radius 2 is 2.27 bits per heavy atom. The summed E-state index contributed by atoms with van der Waals surface area (Å²) in [6.07, 6.45) is -0.340. The predicted octanol–water partition coefficient (Wildman–Crippen LogP) is 3.54. The third-order valence-electron chi connectivity index (χ3n) is 2.68. The summed E-state index contributed by atoms with van der Waals surface area (Å²) in [5, 5.41) is 3.21. The molecule has 3 nitrogen and oxygen atoms in total. The molecule has 15 heavy (non-hydrogen) atoms.